The van der Waals surface area contributed by atoms with Crippen molar-refractivity contribution in [2.75, 3.05) is 0 Å². The summed E-state index contributed by atoms with van der Waals surface area (Å²) in [7, 11) is 0. The topological polar surface area (TPSA) is 88.5 Å². The fourth-order valence-corrected chi connectivity index (χ4v) is 1.24. The first-order valence-corrected chi connectivity index (χ1v) is 4.93. The van der Waals surface area contributed by atoms with E-state index < -0.39 is 0 Å². The van der Waals surface area contributed by atoms with Crippen LogP contribution in [0.3, 0.4) is 0 Å². The first-order chi connectivity index (χ1) is 7.84. The van der Waals surface area contributed by atoms with Gasteiger partial charge in [-0.15, -0.1) is 0 Å². The Bertz CT molecular complexity index is 381. The van der Waals surface area contributed by atoms with Gasteiger partial charge in [-0.1, -0.05) is 0 Å². The Morgan fingerprint density at radius 2 is 2.50 bits per heavy atom. The average molecular weight is 220 g/mol. The fraction of sp³-hybridized carbons (Fsp3) is 0.333. The van der Waals surface area contributed by atoms with Crippen LogP contribution in [0.1, 0.15) is 12.2 Å². The van der Waals surface area contributed by atoms with E-state index in [-0.39, 0.29) is 5.91 Å². The van der Waals surface area contributed by atoms with E-state index in [1.54, 1.807) is 10.9 Å². The number of H-pyrrole nitrogens is 1. The monoisotopic (exact) mass is 220 g/mol. The van der Waals surface area contributed by atoms with Crippen LogP contribution in [0.15, 0.2) is 24.8 Å². The summed E-state index contributed by atoms with van der Waals surface area (Å²) >= 11 is 0. The smallest absolute Gasteiger partial charge is 0.222 e. The minimum atomic E-state index is -0.0353. The highest BCUT2D eigenvalue weighted by Crippen LogP contribution is 1.90. The first kappa shape index (κ1) is 10.3. The Balaban J connectivity index is 1.69. The Labute approximate surface area is 91.9 Å². The zero-order valence-electron chi connectivity index (χ0n) is 8.63. The molecular weight excluding hydrogens is 208 g/mol. The molecule has 2 aromatic rings. The second-order valence-electron chi connectivity index (χ2n) is 3.23. The van der Waals surface area contributed by atoms with Crippen LogP contribution < -0.4 is 5.32 Å². The molecule has 0 fully saturated rings. The Hall–Kier alpha value is -2.18. The lowest BCUT2D eigenvalue weighted by molar-refractivity contribution is -0.121. The molecule has 7 heteroatoms. The van der Waals surface area contributed by atoms with Crippen molar-refractivity contribution in [3.8, 4) is 0 Å². The molecule has 0 aliphatic rings. The number of carbonyl (C=O) groups excluding carboxylic acids is 1. The minimum absolute atomic E-state index is 0.0353. The van der Waals surface area contributed by atoms with Gasteiger partial charge in [-0.3, -0.25) is 14.6 Å². The molecule has 0 aliphatic heterocycles. The molecule has 1 amide bonds. The molecule has 0 saturated carbocycles. The maximum Gasteiger partial charge on any atom is 0.222 e. The van der Waals surface area contributed by atoms with Gasteiger partial charge in [0, 0.05) is 25.4 Å². The molecule has 0 radical (unpaired) electrons. The van der Waals surface area contributed by atoms with Crippen LogP contribution in [0.2, 0.25) is 0 Å². The summed E-state index contributed by atoms with van der Waals surface area (Å²) in [6.07, 6.45) is 5.32. The van der Waals surface area contributed by atoms with Gasteiger partial charge in [0.15, 0.2) is 0 Å². The molecule has 16 heavy (non-hydrogen) atoms. The molecule has 0 aliphatic carbocycles. The second-order valence-corrected chi connectivity index (χ2v) is 3.23. The summed E-state index contributed by atoms with van der Waals surface area (Å²) in [6.45, 7) is 0.952. The van der Waals surface area contributed by atoms with Crippen molar-refractivity contribution in [1.82, 2.24) is 30.3 Å². The second kappa shape index (κ2) is 5.06. The lowest BCUT2D eigenvalue weighted by Crippen LogP contribution is -2.24. The number of aromatic nitrogens is 5. The van der Waals surface area contributed by atoms with Crippen LogP contribution in [0.4, 0.5) is 0 Å². The summed E-state index contributed by atoms with van der Waals surface area (Å²) < 4.78 is 1.72. The standard InChI is InChI=1S/C9H12N6O/c16-9(2-5-15-4-1-3-13-15)10-6-8-11-7-12-14-8/h1,3-4,7H,2,5-6H2,(H,10,16)(H,11,12,14). The molecule has 0 saturated heterocycles. The molecule has 2 heterocycles. The van der Waals surface area contributed by atoms with Crippen LogP contribution in [-0.2, 0) is 17.9 Å². The highest BCUT2D eigenvalue weighted by molar-refractivity contribution is 5.75. The maximum absolute atomic E-state index is 11.4. The quantitative estimate of drug-likeness (QED) is 0.724. The van der Waals surface area contributed by atoms with Gasteiger partial charge in [0.05, 0.1) is 6.54 Å². The number of amides is 1. The molecule has 0 spiro atoms. The number of nitrogens with one attached hydrogen (secondary N) is 2. The predicted molar refractivity (Wildman–Crippen MR) is 55.1 cm³/mol. The number of carbonyl (C=O) groups is 1. The van der Waals surface area contributed by atoms with Crippen molar-refractivity contribution in [3.63, 3.8) is 0 Å². The lowest BCUT2D eigenvalue weighted by Gasteiger charge is -2.03. The van der Waals surface area contributed by atoms with Crippen molar-refractivity contribution in [2.45, 2.75) is 19.5 Å². The van der Waals surface area contributed by atoms with Crippen LogP contribution in [0.25, 0.3) is 0 Å². The van der Waals surface area contributed by atoms with Gasteiger partial charge < -0.3 is 5.32 Å². The molecule has 0 aromatic carbocycles. The number of hydrogen-bond acceptors (Lipinski definition) is 4. The summed E-state index contributed by atoms with van der Waals surface area (Å²) in [5.41, 5.74) is 0. The van der Waals surface area contributed by atoms with E-state index in [9.17, 15) is 4.79 Å². The molecule has 0 unspecified atom stereocenters. The molecule has 2 N–H and O–H groups in total. The first-order valence-electron chi connectivity index (χ1n) is 4.93. The maximum atomic E-state index is 11.4. The van der Waals surface area contributed by atoms with E-state index >= 15 is 0 Å². The van der Waals surface area contributed by atoms with E-state index in [1.807, 2.05) is 12.3 Å². The van der Waals surface area contributed by atoms with Crippen LogP contribution in [0.5, 0.6) is 0 Å². The lowest BCUT2D eigenvalue weighted by atomic mass is 10.4. The third kappa shape index (κ3) is 2.91. The van der Waals surface area contributed by atoms with E-state index in [0.29, 0.717) is 25.3 Å². The molecule has 2 aromatic heterocycles. The van der Waals surface area contributed by atoms with E-state index in [2.05, 4.69) is 25.6 Å². The van der Waals surface area contributed by atoms with E-state index in [4.69, 9.17) is 0 Å². The minimum Gasteiger partial charge on any atom is -0.349 e. The van der Waals surface area contributed by atoms with Crippen LogP contribution in [0, 0.1) is 0 Å². The zero-order valence-corrected chi connectivity index (χ0v) is 8.63. The Morgan fingerprint density at radius 3 is 3.19 bits per heavy atom. The fourth-order valence-electron chi connectivity index (χ4n) is 1.24. The molecule has 84 valence electrons. The number of rotatable bonds is 5. The highest BCUT2D eigenvalue weighted by Gasteiger charge is 2.02. The van der Waals surface area contributed by atoms with Gasteiger partial charge in [-0.05, 0) is 6.07 Å². The number of hydrogen-bond donors (Lipinski definition) is 2. The zero-order chi connectivity index (χ0) is 11.2. The molecule has 0 atom stereocenters. The van der Waals surface area contributed by atoms with E-state index in [0.717, 1.165) is 0 Å². The molecule has 7 nitrogen and oxygen atoms in total. The van der Waals surface area contributed by atoms with Crippen molar-refractivity contribution < 1.29 is 4.79 Å². The molecular formula is C9H12N6O. The third-order valence-electron chi connectivity index (χ3n) is 2.05. The number of nitrogens with zero attached hydrogens (tertiary/aromatic N) is 4. The highest BCUT2D eigenvalue weighted by atomic mass is 16.1. The van der Waals surface area contributed by atoms with Gasteiger partial charge in [0.2, 0.25) is 5.91 Å². The van der Waals surface area contributed by atoms with Crippen LogP contribution >= 0.6 is 0 Å². The number of aryl methyl sites for hydroxylation is 1. The predicted octanol–water partition coefficient (Wildman–Crippen LogP) is -0.292. The van der Waals surface area contributed by atoms with Crippen molar-refractivity contribution >= 4 is 5.91 Å². The van der Waals surface area contributed by atoms with Gasteiger partial charge in [-0.25, -0.2) is 4.98 Å². The van der Waals surface area contributed by atoms with Crippen LogP contribution in [-0.4, -0.2) is 30.9 Å². The van der Waals surface area contributed by atoms with Crippen molar-refractivity contribution in [1.29, 1.82) is 0 Å². The largest absolute Gasteiger partial charge is 0.349 e. The molecule has 0 bridgehead atoms. The summed E-state index contributed by atoms with van der Waals surface area (Å²) in [4.78, 5) is 15.3. The summed E-state index contributed by atoms with van der Waals surface area (Å²) in [6, 6.07) is 1.83. The summed E-state index contributed by atoms with van der Waals surface area (Å²) in [5, 5.41) is 13.1. The number of aromatic amines is 1. The van der Waals surface area contributed by atoms with Gasteiger partial charge in [0.25, 0.3) is 0 Å². The normalized spacial score (nSPS) is 10.2. The Kier molecular flexibility index (Phi) is 3.27. The van der Waals surface area contributed by atoms with E-state index in [1.165, 1.54) is 6.33 Å². The van der Waals surface area contributed by atoms with Gasteiger partial charge in [-0.2, -0.15) is 10.2 Å². The SMILES string of the molecule is O=C(CCn1cccn1)NCc1ncn[nH]1. The van der Waals surface area contributed by atoms with Crippen molar-refractivity contribution in [2.24, 2.45) is 0 Å². The Morgan fingerprint density at radius 1 is 1.56 bits per heavy atom. The van der Waals surface area contributed by atoms with Gasteiger partial charge >= 0.3 is 0 Å². The average Bonchev–Trinajstić information content (AvgIpc) is 2.96. The molecule has 2 rings (SSSR count). The summed E-state index contributed by atoms with van der Waals surface area (Å²) in [5.74, 6) is 0.610. The third-order valence-corrected chi connectivity index (χ3v) is 2.05. The van der Waals surface area contributed by atoms with Crippen molar-refractivity contribution in [3.05, 3.63) is 30.6 Å². The van der Waals surface area contributed by atoms with Gasteiger partial charge in [0.1, 0.15) is 12.2 Å².